The first-order valence-electron chi connectivity index (χ1n) is 7.83. The van der Waals surface area contributed by atoms with Gasteiger partial charge in [0.2, 0.25) is 0 Å². The third-order valence-electron chi connectivity index (χ3n) is 3.97. The molecule has 3 rings (SSSR count). The van der Waals surface area contributed by atoms with E-state index in [0.717, 1.165) is 0 Å². The Morgan fingerprint density at radius 1 is 1.32 bits per heavy atom. The summed E-state index contributed by atoms with van der Waals surface area (Å²) in [7, 11) is 3.97. The minimum atomic E-state index is -0.320. The number of H-pyrrole nitrogens is 1. The van der Waals surface area contributed by atoms with Crippen LogP contribution in [0, 0.1) is 5.82 Å². The van der Waals surface area contributed by atoms with Crippen LogP contribution in [0.25, 0.3) is 11.3 Å². The molecule has 7 heteroatoms. The zero-order valence-electron chi connectivity index (χ0n) is 14.0. The van der Waals surface area contributed by atoms with Crippen LogP contribution in [0.5, 0.6) is 0 Å². The number of aromatic amines is 1. The van der Waals surface area contributed by atoms with Gasteiger partial charge in [-0.25, -0.2) is 4.39 Å². The predicted molar refractivity (Wildman–Crippen MR) is 97.1 cm³/mol. The molecule has 0 aliphatic heterocycles. The molecule has 0 fully saturated rings. The Balaban J connectivity index is 1.74. The fourth-order valence-corrected chi connectivity index (χ4v) is 3.52. The molecular weight excluding hydrogens is 339 g/mol. The van der Waals surface area contributed by atoms with Gasteiger partial charge in [0.05, 0.1) is 23.5 Å². The van der Waals surface area contributed by atoms with Gasteiger partial charge in [0.15, 0.2) is 0 Å². The van der Waals surface area contributed by atoms with Gasteiger partial charge in [-0.2, -0.15) is 5.10 Å². The van der Waals surface area contributed by atoms with Crippen LogP contribution in [0.2, 0.25) is 0 Å². The smallest absolute Gasteiger partial charge is 0.255 e. The van der Waals surface area contributed by atoms with Crippen molar-refractivity contribution in [1.82, 2.24) is 20.4 Å². The van der Waals surface area contributed by atoms with Crippen LogP contribution in [-0.4, -0.2) is 41.6 Å². The van der Waals surface area contributed by atoms with Crippen molar-refractivity contribution >= 4 is 17.2 Å². The monoisotopic (exact) mass is 358 g/mol. The van der Waals surface area contributed by atoms with E-state index in [2.05, 4.69) is 26.5 Å². The quantitative estimate of drug-likeness (QED) is 0.711. The van der Waals surface area contributed by atoms with Crippen molar-refractivity contribution in [2.24, 2.45) is 0 Å². The summed E-state index contributed by atoms with van der Waals surface area (Å²) in [5, 5.41) is 11.8. The summed E-state index contributed by atoms with van der Waals surface area (Å²) in [5.41, 5.74) is 1.73. The maximum atomic E-state index is 13.1. The van der Waals surface area contributed by atoms with Crippen LogP contribution in [0.4, 0.5) is 4.39 Å². The average Bonchev–Trinajstić information content (AvgIpc) is 3.27. The highest BCUT2D eigenvalue weighted by Gasteiger charge is 2.19. The van der Waals surface area contributed by atoms with E-state index < -0.39 is 0 Å². The highest BCUT2D eigenvalue weighted by molar-refractivity contribution is 7.10. The zero-order chi connectivity index (χ0) is 17.8. The molecule has 1 amide bonds. The van der Waals surface area contributed by atoms with Gasteiger partial charge in [0, 0.05) is 17.0 Å². The third-order valence-corrected chi connectivity index (χ3v) is 4.94. The molecule has 0 bridgehead atoms. The number of aromatic nitrogens is 2. The maximum absolute atomic E-state index is 13.1. The second-order valence-corrected chi connectivity index (χ2v) is 6.85. The lowest BCUT2D eigenvalue weighted by Gasteiger charge is -2.23. The highest BCUT2D eigenvalue weighted by atomic mass is 32.1. The van der Waals surface area contributed by atoms with E-state index in [0.29, 0.717) is 23.4 Å². The number of rotatable bonds is 6. The molecule has 2 aromatic heterocycles. The number of halogens is 1. The van der Waals surface area contributed by atoms with E-state index in [1.54, 1.807) is 23.5 Å². The summed E-state index contributed by atoms with van der Waals surface area (Å²) in [4.78, 5) is 15.9. The topological polar surface area (TPSA) is 61.0 Å². The standard InChI is InChI=1S/C18H19FN4OS/c1-23(2)15(16-4-3-9-25-16)11-20-18(24)14-10-21-22-17(14)12-5-7-13(19)8-6-12/h3-10,15H,11H2,1-2H3,(H,20,24)(H,21,22). The molecule has 0 spiro atoms. The Bertz CT molecular complexity index is 827. The Morgan fingerprint density at radius 2 is 2.08 bits per heavy atom. The van der Waals surface area contributed by atoms with Crippen molar-refractivity contribution in [1.29, 1.82) is 0 Å². The van der Waals surface area contributed by atoms with Crippen LogP contribution in [0.3, 0.4) is 0 Å². The number of amides is 1. The Morgan fingerprint density at radius 3 is 2.72 bits per heavy atom. The van der Waals surface area contributed by atoms with E-state index in [1.807, 2.05) is 25.5 Å². The van der Waals surface area contributed by atoms with E-state index >= 15 is 0 Å². The fraction of sp³-hybridized carbons (Fsp3) is 0.222. The SMILES string of the molecule is CN(C)C(CNC(=O)c1cn[nH]c1-c1ccc(F)cc1)c1cccs1. The van der Waals surface area contributed by atoms with Crippen molar-refractivity contribution in [3.8, 4) is 11.3 Å². The van der Waals surface area contributed by atoms with E-state index in [9.17, 15) is 9.18 Å². The average molecular weight is 358 g/mol. The first kappa shape index (κ1) is 17.3. The van der Waals surface area contributed by atoms with Gasteiger partial charge in [-0.05, 0) is 49.8 Å². The van der Waals surface area contributed by atoms with Crippen molar-refractivity contribution in [2.45, 2.75) is 6.04 Å². The van der Waals surface area contributed by atoms with Crippen LogP contribution in [-0.2, 0) is 0 Å². The summed E-state index contributed by atoms with van der Waals surface area (Å²) in [6.45, 7) is 0.486. The van der Waals surface area contributed by atoms with Gasteiger partial charge in [-0.1, -0.05) is 6.07 Å². The van der Waals surface area contributed by atoms with Crippen molar-refractivity contribution < 1.29 is 9.18 Å². The molecule has 0 radical (unpaired) electrons. The summed E-state index contributed by atoms with van der Waals surface area (Å²) in [5.74, 6) is -0.532. The lowest BCUT2D eigenvalue weighted by atomic mass is 10.1. The number of nitrogens with one attached hydrogen (secondary N) is 2. The van der Waals surface area contributed by atoms with Crippen molar-refractivity contribution in [3.63, 3.8) is 0 Å². The highest BCUT2D eigenvalue weighted by Crippen LogP contribution is 2.24. The number of carbonyl (C=O) groups is 1. The van der Waals surface area contributed by atoms with Crippen molar-refractivity contribution in [2.75, 3.05) is 20.6 Å². The molecule has 2 N–H and O–H groups in total. The second kappa shape index (κ2) is 7.58. The first-order chi connectivity index (χ1) is 12.1. The minimum Gasteiger partial charge on any atom is -0.350 e. The van der Waals surface area contributed by atoms with Gasteiger partial charge in [-0.15, -0.1) is 11.3 Å². The number of thiophene rings is 1. The lowest BCUT2D eigenvalue weighted by Crippen LogP contribution is -2.34. The summed E-state index contributed by atoms with van der Waals surface area (Å²) in [6, 6.07) is 10.1. The summed E-state index contributed by atoms with van der Waals surface area (Å²) in [6.07, 6.45) is 1.49. The second-order valence-electron chi connectivity index (χ2n) is 5.87. The van der Waals surface area contributed by atoms with Gasteiger partial charge < -0.3 is 10.2 Å². The Labute approximate surface area is 149 Å². The number of carbonyl (C=O) groups excluding carboxylic acids is 1. The number of nitrogens with zero attached hydrogens (tertiary/aromatic N) is 2. The number of hydrogen-bond donors (Lipinski definition) is 2. The molecule has 3 aromatic rings. The summed E-state index contributed by atoms with van der Waals surface area (Å²) >= 11 is 1.66. The molecule has 0 saturated carbocycles. The van der Waals surface area contributed by atoms with Crippen LogP contribution >= 0.6 is 11.3 Å². The predicted octanol–water partition coefficient (Wildman–Crippen LogP) is 3.31. The van der Waals surface area contributed by atoms with Crippen LogP contribution in [0.15, 0.2) is 48.0 Å². The minimum absolute atomic E-state index is 0.102. The van der Waals surface area contributed by atoms with E-state index in [-0.39, 0.29) is 17.8 Å². The molecule has 0 aliphatic carbocycles. The first-order valence-corrected chi connectivity index (χ1v) is 8.71. The third kappa shape index (κ3) is 3.94. The van der Waals surface area contributed by atoms with Gasteiger partial charge >= 0.3 is 0 Å². The van der Waals surface area contributed by atoms with Gasteiger partial charge in [0.25, 0.3) is 5.91 Å². The Kier molecular flexibility index (Phi) is 5.25. The summed E-state index contributed by atoms with van der Waals surface area (Å²) < 4.78 is 13.1. The Hall–Kier alpha value is -2.51. The van der Waals surface area contributed by atoms with Gasteiger partial charge in [-0.3, -0.25) is 9.89 Å². The number of benzene rings is 1. The molecule has 0 aliphatic rings. The number of likely N-dealkylation sites (N-methyl/N-ethyl adjacent to an activating group) is 1. The van der Waals surface area contributed by atoms with E-state index in [1.165, 1.54) is 23.2 Å². The molecule has 1 unspecified atom stereocenters. The van der Waals surface area contributed by atoms with Crippen molar-refractivity contribution in [3.05, 3.63) is 64.2 Å². The van der Waals surface area contributed by atoms with Gasteiger partial charge in [0.1, 0.15) is 5.82 Å². The molecule has 130 valence electrons. The number of hydrogen-bond acceptors (Lipinski definition) is 4. The molecule has 5 nitrogen and oxygen atoms in total. The van der Waals surface area contributed by atoms with E-state index in [4.69, 9.17) is 0 Å². The largest absolute Gasteiger partial charge is 0.350 e. The molecule has 0 saturated heterocycles. The molecule has 1 aromatic carbocycles. The molecule has 25 heavy (non-hydrogen) atoms. The van der Waals surface area contributed by atoms with Crippen LogP contribution in [0.1, 0.15) is 21.3 Å². The van der Waals surface area contributed by atoms with Crippen LogP contribution < -0.4 is 5.32 Å². The molecular formula is C18H19FN4OS. The molecule has 2 heterocycles. The zero-order valence-corrected chi connectivity index (χ0v) is 14.8. The lowest BCUT2D eigenvalue weighted by molar-refractivity contribution is 0.0943. The fourth-order valence-electron chi connectivity index (χ4n) is 2.60. The normalized spacial score (nSPS) is 12.3. The molecule has 1 atom stereocenters. The maximum Gasteiger partial charge on any atom is 0.255 e.